The Balaban J connectivity index is 4.23. The molecule has 14 heavy (non-hydrogen) atoms. The van der Waals surface area contributed by atoms with Crippen LogP contribution in [-0.4, -0.2) is 19.4 Å². The standard InChI is InChI=1S/C10H17O3P/c1-4-7-10-14(11,12-8-5-2)13-9-6-3/h4-7H,2-3,8-10H2,1H3/b7-4+. The molecule has 4 heteroatoms. The molecule has 0 radical (unpaired) electrons. The number of hydrogen-bond donors (Lipinski definition) is 0. The molecule has 0 aromatic rings. The molecule has 0 aliphatic heterocycles. The lowest BCUT2D eigenvalue weighted by atomic mass is 10.6. The van der Waals surface area contributed by atoms with Crippen LogP contribution in [0.25, 0.3) is 0 Å². The second-order valence-corrected chi connectivity index (χ2v) is 4.63. The summed E-state index contributed by atoms with van der Waals surface area (Å²) in [5.41, 5.74) is 0. The molecular weight excluding hydrogens is 199 g/mol. The van der Waals surface area contributed by atoms with Gasteiger partial charge in [-0.3, -0.25) is 4.57 Å². The van der Waals surface area contributed by atoms with E-state index in [4.69, 9.17) is 9.05 Å². The Morgan fingerprint density at radius 2 is 1.71 bits per heavy atom. The zero-order chi connectivity index (χ0) is 10.9. The highest BCUT2D eigenvalue weighted by atomic mass is 31.2. The molecule has 0 atom stereocenters. The van der Waals surface area contributed by atoms with Gasteiger partial charge in [0.1, 0.15) is 0 Å². The van der Waals surface area contributed by atoms with Crippen LogP contribution in [0.1, 0.15) is 6.92 Å². The van der Waals surface area contributed by atoms with Crippen molar-refractivity contribution in [2.75, 3.05) is 19.4 Å². The predicted octanol–water partition coefficient (Wildman–Crippen LogP) is 3.16. The van der Waals surface area contributed by atoms with Gasteiger partial charge in [-0.1, -0.05) is 24.3 Å². The molecule has 0 unspecified atom stereocenters. The quantitative estimate of drug-likeness (QED) is 0.461. The van der Waals surface area contributed by atoms with Crippen molar-refractivity contribution < 1.29 is 13.6 Å². The summed E-state index contributed by atoms with van der Waals surface area (Å²) in [5.74, 6) is 0. The van der Waals surface area contributed by atoms with Crippen LogP contribution < -0.4 is 0 Å². The van der Waals surface area contributed by atoms with E-state index in [1.165, 1.54) is 0 Å². The Bertz CT molecular complexity index is 230. The van der Waals surface area contributed by atoms with Crippen LogP contribution in [0.5, 0.6) is 0 Å². The molecule has 0 aromatic carbocycles. The minimum Gasteiger partial charge on any atom is -0.304 e. The summed E-state index contributed by atoms with van der Waals surface area (Å²) in [4.78, 5) is 0. The summed E-state index contributed by atoms with van der Waals surface area (Å²) in [6.45, 7) is 9.28. The summed E-state index contributed by atoms with van der Waals surface area (Å²) in [5, 5.41) is 0. The largest absolute Gasteiger partial charge is 0.335 e. The molecule has 0 aliphatic carbocycles. The Morgan fingerprint density at radius 3 is 2.07 bits per heavy atom. The van der Waals surface area contributed by atoms with Crippen LogP contribution in [-0.2, 0) is 13.6 Å². The molecule has 0 amide bonds. The van der Waals surface area contributed by atoms with Crippen LogP contribution >= 0.6 is 7.60 Å². The third-order valence-corrected chi connectivity index (χ3v) is 3.09. The fourth-order valence-corrected chi connectivity index (χ4v) is 2.13. The van der Waals surface area contributed by atoms with Gasteiger partial charge >= 0.3 is 7.60 Å². The van der Waals surface area contributed by atoms with Crippen LogP contribution in [0.2, 0.25) is 0 Å². The summed E-state index contributed by atoms with van der Waals surface area (Å²) in [7, 11) is -3.00. The first-order valence-corrected chi connectivity index (χ1v) is 6.12. The fraction of sp³-hybridized carbons (Fsp3) is 0.400. The van der Waals surface area contributed by atoms with Crippen molar-refractivity contribution in [3.63, 3.8) is 0 Å². The number of hydrogen-bond acceptors (Lipinski definition) is 3. The Kier molecular flexibility index (Phi) is 7.40. The van der Waals surface area contributed by atoms with Gasteiger partial charge in [0.05, 0.1) is 19.4 Å². The van der Waals surface area contributed by atoms with Gasteiger partial charge in [0, 0.05) is 0 Å². The fourth-order valence-electron chi connectivity index (χ4n) is 0.710. The zero-order valence-corrected chi connectivity index (χ0v) is 9.41. The van der Waals surface area contributed by atoms with Crippen molar-refractivity contribution in [2.24, 2.45) is 0 Å². The average molecular weight is 216 g/mol. The van der Waals surface area contributed by atoms with Crippen molar-refractivity contribution in [1.82, 2.24) is 0 Å². The zero-order valence-electron chi connectivity index (χ0n) is 8.52. The summed E-state index contributed by atoms with van der Waals surface area (Å²) in [6, 6.07) is 0. The second kappa shape index (κ2) is 7.74. The van der Waals surface area contributed by atoms with Gasteiger partial charge in [-0.25, -0.2) is 0 Å². The lowest BCUT2D eigenvalue weighted by Crippen LogP contribution is -1.99. The molecule has 0 fully saturated rings. The Morgan fingerprint density at radius 1 is 1.21 bits per heavy atom. The maximum atomic E-state index is 11.9. The summed E-state index contributed by atoms with van der Waals surface area (Å²) in [6.07, 6.45) is 6.93. The van der Waals surface area contributed by atoms with Crippen LogP contribution in [0.4, 0.5) is 0 Å². The Hall–Kier alpha value is -0.630. The van der Waals surface area contributed by atoms with Gasteiger partial charge < -0.3 is 9.05 Å². The van der Waals surface area contributed by atoms with E-state index >= 15 is 0 Å². The molecule has 0 N–H and O–H groups in total. The summed E-state index contributed by atoms with van der Waals surface area (Å²) >= 11 is 0. The minimum atomic E-state index is -3.00. The first-order chi connectivity index (χ1) is 6.68. The molecule has 0 rings (SSSR count). The van der Waals surface area contributed by atoms with E-state index in [1.54, 1.807) is 24.3 Å². The van der Waals surface area contributed by atoms with Gasteiger partial charge in [0.25, 0.3) is 0 Å². The van der Waals surface area contributed by atoms with E-state index in [9.17, 15) is 4.57 Å². The van der Waals surface area contributed by atoms with Gasteiger partial charge in [-0.05, 0) is 6.92 Å². The van der Waals surface area contributed by atoms with Crippen molar-refractivity contribution >= 4 is 7.60 Å². The minimum absolute atomic E-state index is 0.228. The third-order valence-electron chi connectivity index (χ3n) is 1.34. The predicted molar refractivity (Wildman–Crippen MR) is 59.6 cm³/mol. The normalized spacial score (nSPS) is 11.8. The molecule has 80 valence electrons. The molecule has 0 saturated heterocycles. The molecule has 0 aliphatic rings. The van der Waals surface area contributed by atoms with E-state index in [2.05, 4.69) is 13.2 Å². The van der Waals surface area contributed by atoms with Crippen LogP contribution in [0, 0.1) is 0 Å². The molecule has 3 nitrogen and oxygen atoms in total. The van der Waals surface area contributed by atoms with Crippen molar-refractivity contribution in [3.05, 3.63) is 37.5 Å². The highest BCUT2D eigenvalue weighted by Gasteiger charge is 2.21. The highest BCUT2D eigenvalue weighted by molar-refractivity contribution is 7.54. The maximum Gasteiger partial charge on any atom is 0.335 e. The highest BCUT2D eigenvalue weighted by Crippen LogP contribution is 2.48. The van der Waals surface area contributed by atoms with Crippen molar-refractivity contribution in [1.29, 1.82) is 0 Å². The molecule has 0 bridgehead atoms. The van der Waals surface area contributed by atoms with E-state index in [0.29, 0.717) is 0 Å². The summed E-state index contributed by atoms with van der Waals surface area (Å²) < 4.78 is 22.1. The first kappa shape index (κ1) is 13.4. The van der Waals surface area contributed by atoms with Crippen LogP contribution in [0.15, 0.2) is 37.5 Å². The molecule has 0 aromatic heterocycles. The third kappa shape index (κ3) is 5.92. The molecule has 0 heterocycles. The SMILES string of the molecule is C=CCOP(=O)(C/C=C/C)OCC=C. The number of rotatable bonds is 8. The van der Waals surface area contributed by atoms with E-state index < -0.39 is 7.60 Å². The second-order valence-electron chi connectivity index (χ2n) is 2.53. The first-order valence-electron chi connectivity index (χ1n) is 4.39. The van der Waals surface area contributed by atoms with Crippen LogP contribution in [0.3, 0.4) is 0 Å². The molecular formula is C10H17O3P. The van der Waals surface area contributed by atoms with Crippen molar-refractivity contribution in [2.45, 2.75) is 6.92 Å². The topological polar surface area (TPSA) is 35.5 Å². The van der Waals surface area contributed by atoms with E-state index in [-0.39, 0.29) is 19.4 Å². The van der Waals surface area contributed by atoms with Crippen molar-refractivity contribution in [3.8, 4) is 0 Å². The van der Waals surface area contributed by atoms with Gasteiger partial charge in [-0.2, -0.15) is 0 Å². The van der Waals surface area contributed by atoms with E-state index in [1.807, 2.05) is 6.92 Å². The lowest BCUT2D eigenvalue weighted by Gasteiger charge is -2.14. The van der Waals surface area contributed by atoms with Gasteiger partial charge in [0.15, 0.2) is 0 Å². The molecule has 0 spiro atoms. The maximum absolute atomic E-state index is 11.9. The lowest BCUT2D eigenvalue weighted by molar-refractivity contribution is 0.239. The van der Waals surface area contributed by atoms with Gasteiger partial charge in [-0.15, -0.1) is 13.2 Å². The monoisotopic (exact) mass is 216 g/mol. The Labute approximate surface area is 85.6 Å². The molecule has 0 saturated carbocycles. The average Bonchev–Trinajstić information content (AvgIpc) is 2.21. The smallest absolute Gasteiger partial charge is 0.304 e. The van der Waals surface area contributed by atoms with E-state index in [0.717, 1.165) is 0 Å². The van der Waals surface area contributed by atoms with Gasteiger partial charge in [0.2, 0.25) is 0 Å². The number of allylic oxidation sites excluding steroid dienone is 2.